The molecule has 0 N–H and O–H groups in total. The third-order valence-corrected chi connectivity index (χ3v) is 4.99. The van der Waals surface area contributed by atoms with Crippen LogP contribution in [0.4, 0.5) is 0 Å². The maximum absolute atomic E-state index is 12.9. The van der Waals surface area contributed by atoms with Gasteiger partial charge in [0.15, 0.2) is 0 Å². The number of nitrogens with zero attached hydrogens (tertiary/aromatic N) is 3. The number of pyridine rings is 1. The second-order valence-corrected chi connectivity index (χ2v) is 7.53. The number of hydrogen-bond donors (Lipinski definition) is 0. The summed E-state index contributed by atoms with van der Waals surface area (Å²) < 4.78 is 7.32. The molecule has 3 aromatic rings. The first-order valence-electron chi connectivity index (χ1n) is 9.44. The third kappa shape index (κ3) is 3.29. The van der Waals surface area contributed by atoms with Gasteiger partial charge in [-0.3, -0.25) is 14.5 Å². The number of rotatable bonds is 5. The van der Waals surface area contributed by atoms with Gasteiger partial charge >= 0.3 is 5.97 Å². The van der Waals surface area contributed by atoms with E-state index < -0.39 is 23.8 Å². The van der Waals surface area contributed by atoms with Crippen molar-refractivity contribution in [3.05, 3.63) is 71.2 Å². The second kappa shape index (κ2) is 7.16. The average molecular weight is 391 g/mol. The van der Waals surface area contributed by atoms with E-state index in [9.17, 15) is 14.4 Å². The fraction of sp³-hybridized carbons (Fsp3) is 0.273. The van der Waals surface area contributed by atoms with Crippen molar-refractivity contribution in [1.29, 1.82) is 0 Å². The minimum atomic E-state index is -0.998. The molecule has 1 aliphatic rings. The Morgan fingerprint density at radius 1 is 1.03 bits per heavy atom. The SMILES string of the molecule is Cc1ccc2nc(COC(=O)[C@H](C(C)C)N3C(=O)c4ccccc4C3=O)cn2c1. The normalized spacial score (nSPS) is 14.6. The monoisotopic (exact) mass is 391 g/mol. The topological polar surface area (TPSA) is 81.0 Å². The zero-order valence-corrected chi connectivity index (χ0v) is 16.5. The summed E-state index contributed by atoms with van der Waals surface area (Å²) in [6.07, 6.45) is 3.73. The van der Waals surface area contributed by atoms with Crippen molar-refractivity contribution in [2.75, 3.05) is 0 Å². The van der Waals surface area contributed by atoms with Crippen LogP contribution in [0.15, 0.2) is 48.8 Å². The van der Waals surface area contributed by atoms with Crippen molar-refractivity contribution >= 4 is 23.4 Å². The molecular formula is C22H21N3O4. The summed E-state index contributed by atoms with van der Waals surface area (Å²) in [5.74, 6) is -1.86. The van der Waals surface area contributed by atoms with Gasteiger partial charge in [-0.15, -0.1) is 0 Å². The lowest BCUT2D eigenvalue weighted by molar-refractivity contribution is -0.151. The van der Waals surface area contributed by atoms with Crippen LogP contribution in [0, 0.1) is 12.8 Å². The van der Waals surface area contributed by atoms with Crippen LogP contribution in [0.1, 0.15) is 45.8 Å². The fourth-order valence-corrected chi connectivity index (χ4v) is 3.59. The Morgan fingerprint density at radius 3 is 2.31 bits per heavy atom. The zero-order valence-electron chi connectivity index (χ0n) is 16.5. The molecule has 0 radical (unpaired) electrons. The smallest absolute Gasteiger partial charge is 0.330 e. The highest BCUT2D eigenvalue weighted by molar-refractivity contribution is 6.22. The molecule has 0 saturated heterocycles. The van der Waals surface area contributed by atoms with Gasteiger partial charge in [0.25, 0.3) is 11.8 Å². The summed E-state index contributed by atoms with van der Waals surface area (Å²) in [6, 6.07) is 9.42. The summed E-state index contributed by atoms with van der Waals surface area (Å²) in [5, 5.41) is 0. The van der Waals surface area contributed by atoms with Crippen LogP contribution in [-0.4, -0.2) is 38.1 Å². The second-order valence-electron chi connectivity index (χ2n) is 7.53. The van der Waals surface area contributed by atoms with Crippen molar-refractivity contribution in [1.82, 2.24) is 14.3 Å². The Labute approximate surface area is 167 Å². The van der Waals surface area contributed by atoms with E-state index in [-0.39, 0.29) is 12.5 Å². The molecule has 1 aliphatic heterocycles. The van der Waals surface area contributed by atoms with Gasteiger partial charge in [-0.2, -0.15) is 0 Å². The number of hydrogen-bond acceptors (Lipinski definition) is 5. The molecule has 0 spiro atoms. The number of ether oxygens (including phenoxy) is 1. The number of imide groups is 1. The van der Waals surface area contributed by atoms with E-state index in [0.29, 0.717) is 16.8 Å². The lowest BCUT2D eigenvalue weighted by Gasteiger charge is -2.27. The molecule has 0 fully saturated rings. The molecule has 2 aromatic heterocycles. The summed E-state index contributed by atoms with van der Waals surface area (Å²) in [7, 11) is 0. The molecule has 0 bridgehead atoms. The summed E-state index contributed by atoms with van der Waals surface area (Å²) in [4.78, 5) is 43.8. The van der Waals surface area contributed by atoms with E-state index in [1.807, 2.05) is 29.7 Å². The van der Waals surface area contributed by atoms with Gasteiger partial charge in [0.05, 0.1) is 16.8 Å². The quantitative estimate of drug-likeness (QED) is 0.493. The highest BCUT2D eigenvalue weighted by Crippen LogP contribution is 2.27. The fourth-order valence-electron chi connectivity index (χ4n) is 3.59. The Bertz CT molecular complexity index is 1100. The van der Waals surface area contributed by atoms with Crippen molar-refractivity contribution in [2.24, 2.45) is 5.92 Å². The first-order valence-corrected chi connectivity index (χ1v) is 9.44. The number of imidazole rings is 1. The van der Waals surface area contributed by atoms with Gasteiger partial charge < -0.3 is 9.14 Å². The first kappa shape index (κ1) is 18.9. The lowest BCUT2D eigenvalue weighted by Crippen LogP contribution is -2.48. The van der Waals surface area contributed by atoms with E-state index in [4.69, 9.17) is 4.74 Å². The molecule has 1 aromatic carbocycles. The zero-order chi connectivity index (χ0) is 20.7. The van der Waals surface area contributed by atoms with Gasteiger partial charge in [0, 0.05) is 12.4 Å². The molecule has 29 heavy (non-hydrogen) atoms. The maximum Gasteiger partial charge on any atom is 0.330 e. The number of aryl methyl sites for hydroxylation is 1. The Kier molecular flexibility index (Phi) is 4.66. The number of amides is 2. The van der Waals surface area contributed by atoms with Crippen LogP contribution in [0.25, 0.3) is 5.65 Å². The molecule has 7 nitrogen and oxygen atoms in total. The van der Waals surface area contributed by atoms with Gasteiger partial charge in [-0.1, -0.05) is 32.0 Å². The Balaban J connectivity index is 1.53. The number of esters is 1. The van der Waals surface area contributed by atoms with Crippen LogP contribution >= 0.6 is 0 Å². The summed E-state index contributed by atoms with van der Waals surface area (Å²) in [5.41, 5.74) is 3.05. The highest BCUT2D eigenvalue weighted by atomic mass is 16.5. The van der Waals surface area contributed by atoms with E-state index in [2.05, 4.69) is 4.98 Å². The van der Waals surface area contributed by atoms with Crippen LogP contribution in [-0.2, 0) is 16.1 Å². The molecule has 4 rings (SSSR count). The minimum Gasteiger partial charge on any atom is -0.458 e. The van der Waals surface area contributed by atoms with E-state index in [1.54, 1.807) is 44.3 Å². The van der Waals surface area contributed by atoms with Crippen LogP contribution in [0.3, 0.4) is 0 Å². The van der Waals surface area contributed by atoms with Crippen molar-refractivity contribution in [3.8, 4) is 0 Å². The van der Waals surface area contributed by atoms with Gasteiger partial charge in [0.2, 0.25) is 0 Å². The highest BCUT2D eigenvalue weighted by Gasteiger charge is 2.44. The number of benzene rings is 1. The average Bonchev–Trinajstić information content (AvgIpc) is 3.20. The standard InChI is InChI=1S/C22H21N3O4/c1-13(2)19(25-20(26)16-6-4-5-7-17(16)21(25)27)22(28)29-12-15-11-24-10-14(3)8-9-18(24)23-15/h4-11,13,19H,12H2,1-3H3/t19-/m0/s1. The number of carbonyl (C=O) groups excluding carboxylic acids is 3. The predicted octanol–water partition coefficient (Wildman–Crippen LogP) is 3.01. The van der Waals surface area contributed by atoms with Gasteiger partial charge in [0.1, 0.15) is 18.3 Å². The van der Waals surface area contributed by atoms with Crippen molar-refractivity contribution < 1.29 is 19.1 Å². The van der Waals surface area contributed by atoms with Crippen LogP contribution < -0.4 is 0 Å². The Morgan fingerprint density at radius 2 is 1.69 bits per heavy atom. The number of carbonyl (C=O) groups is 3. The largest absolute Gasteiger partial charge is 0.458 e. The van der Waals surface area contributed by atoms with Crippen molar-refractivity contribution in [3.63, 3.8) is 0 Å². The lowest BCUT2D eigenvalue weighted by atomic mass is 10.0. The molecule has 3 heterocycles. The van der Waals surface area contributed by atoms with E-state index >= 15 is 0 Å². The summed E-state index contributed by atoms with van der Waals surface area (Å²) >= 11 is 0. The van der Waals surface area contributed by atoms with Crippen LogP contribution in [0.5, 0.6) is 0 Å². The van der Waals surface area contributed by atoms with E-state index in [0.717, 1.165) is 16.1 Å². The number of fused-ring (bicyclic) bond motifs is 2. The maximum atomic E-state index is 12.9. The van der Waals surface area contributed by atoms with Crippen molar-refractivity contribution in [2.45, 2.75) is 33.4 Å². The predicted molar refractivity (Wildman–Crippen MR) is 105 cm³/mol. The van der Waals surface area contributed by atoms with Gasteiger partial charge in [-0.05, 0) is 36.6 Å². The van der Waals surface area contributed by atoms with E-state index in [1.165, 1.54) is 0 Å². The molecular weight excluding hydrogens is 370 g/mol. The molecule has 2 amide bonds. The molecule has 7 heteroatoms. The van der Waals surface area contributed by atoms with Crippen LogP contribution in [0.2, 0.25) is 0 Å². The molecule has 0 unspecified atom stereocenters. The van der Waals surface area contributed by atoms with Gasteiger partial charge in [-0.25, -0.2) is 9.78 Å². The first-order chi connectivity index (χ1) is 13.9. The third-order valence-electron chi connectivity index (χ3n) is 4.99. The molecule has 1 atom stereocenters. The molecule has 0 aliphatic carbocycles. The molecule has 0 saturated carbocycles. The number of aromatic nitrogens is 2. The Hall–Kier alpha value is -3.48. The summed E-state index contributed by atoms with van der Waals surface area (Å²) in [6.45, 7) is 5.51. The minimum absolute atomic E-state index is 0.0358. The molecule has 148 valence electrons.